The third kappa shape index (κ3) is 3.27. The van der Waals surface area contributed by atoms with Gasteiger partial charge < -0.3 is 14.7 Å². The molecule has 0 aromatic carbocycles. The molecule has 1 aliphatic rings. The Labute approximate surface area is 141 Å². The molecule has 0 spiro atoms. The number of aromatic nitrogens is 4. The van der Waals surface area contributed by atoms with Crippen molar-refractivity contribution in [1.29, 1.82) is 0 Å². The molecule has 24 heavy (non-hydrogen) atoms. The van der Waals surface area contributed by atoms with E-state index in [1.807, 2.05) is 30.8 Å². The van der Waals surface area contributed by atoms with Crippen LogP contribution in [0.2, 0.25) is 0 Å². The fraction of sp³-hybridized carbons (Fsp3) is 0.438. The first-order chi connectivity index (χ1) is 11.6. The molecule has 0 N–H and O–H groups in total. The number of carbonyl (C=O) groups is 1. The third-order valence-corrected chi connectivity index (χ3v) is 4.00. The van der Waals surface area contributed by atoms with Gasteiger partial charge in [-0.25, -0.2) is 19.9 Å². The molecule has 126 valence electrons. The molecule has 8 heteroatoms. The van der Waals surface area contributed by atoms with Gasteiger partial charge in [0, 0.05) is 58.9 Å². The highest BCUT2D eigenvalue weighted by molar-refractivity contribution is 5.95. The van der Waals surface area contributed by atoms with Gasteiger partial charge in [0.05, 0.1) is 11.3 Å². The smallest absolute Gasteiger partial charge is 0.257 e. The number of amides is 1. The lowest BCUT2D eigenvalue weighted by molar-refractivity contribution is 0.0744. The maximum atomic E-state index is 12.7. The fourth-order valence-corrected chi connectivity index (χ4v) is 2.61. The van der Waals surface area contributed by atoms with Gasteiger partial charge in [-0.05, 0) is 13.0 Å². The second-order valence-electron chi connectivity index (χ2n) is 5.89. The van der Waals surface area contributed by atoms with Gasteiger partial charge in [0.2, 0.25) is 11.9 Å². The van der Waals surface area contributed by atoms with Crippen LogP contribution in [-0.4, -0.2) is 71.0 Å². The molecule has 3 heterocycles. The summed E-state index contributed by atoms with van der Waals surface area (Å²) in [6, 6.07) is 1.80. The molecule has 1 fully saturated rings. The summed E-state index contributed by atoms with van der Waals surface area (Å²) in [5.41, 5.74) is 1.26. The minimum atomic E-state index is -0.0218. The van der Waals surface area contributed by atoms with E-state index in [2.05, 4.69) is 24.8 Å². The Kier molecular flexibility index (Phi) is 4.54. The van der Waals surface area contributed by atoms with Crippen molar-refractivity contribution in [2.45, 2.75) is 6.92 Å². The topological polar surface area (TPSA) is 78.4 Å². The summed E-state index contributed by atoms with van der Waals surface area (Å²) in [5, 5.41) is 0. The molecular formula is C16H21N7O. The molecule has 0 radical (unpaired) electrons. The van der Waals surface area contributed by atoms with E-state index in [1.54, 1.807) is 24.7 Å². The summed E-state index contributed by atoms with van der Waals surface area (Å²) >= 11 is 0. The number of hydrogen-bond acceptors (Lipinski definition) is 7. The lowest BCUT2D eigenvalue weighted by atomic mass is 10.2. The number of rotatable bonds is 3. The second-order valence-corrected chi connectivity index (χ2v) is 5.89. The molecule has 0 saturated carbocycles. The minimum Gasteiger partial charge on any atom is -0.347 e. The van der Waals surface area contributed by atoms with Gasteiger partial charge in [-0.3, -0.25) is 4.79 Å². The molecule has 2 aromatic heterocycles. The van der Waals surface area contributed by atoms with E-state index in [0.29, 0.717) is 49.3 Å². The highest BCUT2D eigenvalue weighted by atomic mass is 16.2. The predicted octanol–water partition coefficient (Wildman–Crippen LogP) is 0.603. The molecule has 0 unspecified atom stereocenters. The first-order valence-corrected chi connectivity index (χ1v) is 7.88. The highest BCUT2D eigenvalue weighted by Gasteiger charge is 2.25. The van der Waals surface area contributed by atoms with Crippen molar-refractivity contribution in [2.24, 2.45) is 0 Å². The average Bonchev–Trinajstić information content (AvgIpc) is 2.62. The van der Waals surface area contributed by atoms with Crippen molar-refractivity contribution in [1.82, 2.24) is 24.8 Å². The number of nitrogens with zero attached hydrogens (tertiary/aromatic N) is 7. The summed E-state index contributed by atoms with van der Waals surface area (Å²) in [4.78, 5) is 35.6. The Bertz CT molecular complexity index is 712. The van der Waals surface area contributed by atoms with Gasteiger partial charge in [-0.2, -0.15) is 0 Å². The Morgan fingerprint density at radius 1 is 1.08 bits per heavy atom. The van der Waals surface area contributed by atoms with E-state index in [-0.39, 0.29) is 5.91 Å². The van der Waals surface area contributed by atoms with Gasteiger partial charge in [-0.15, -0.1) is 0 Å². The van der Waals surface area contributed by atoms with Gasteiger partial charge >= 0.3 is 0 Å². The first-order valence-electron chi connectivity index (χ1n) is 7.88. The fourth-order valence-electron chi connectivity index (χ4n) is 2.61. The van der Waals surface area contributed by atoms with E-state index < -0.39 is 0 Å². The molecule has 0 aliphatic carbocycles. The standard InChI is InChI=1S/C16H21N7O/c1-12-13(11-19-16(20-12)21(2)3)14(24)22-7-9-23(10-8-22)15-17-5-4-6-18-15/h4-6,11H,7-10H2,1-3H3. The van der Waals surface area contributed by atoms with Crippen LogP contribution in [0.15, 0.2) is 24.7 Å². The quantitative estimate of drug-likeness (QED) is 0.817. The normalized spacial score (nSPS) is 14.6. The SMILES string of the molecule is Cc1nc(N(C)C)ncc1C(=O)N1CCN(c2ncccn2)CC1. The minimum absolute atomic E-state index is 0.0218. The number of carbonyl (C=O) groups excluding carboxylic acids is 1. The summed E-state index contributed by atoms with van der Waals surface area (Å²) in [6.45, 7) is 4.53. The van der Waals surface area contributed by atoms with Crippen LogP contribution in [0, 0.1) is 6.92 Å². The number of aryl methyl sites for hydroxylation is 1. The molecule has 2 aromatic rings. The Morgan fingerprint density at radius 2 is 1.75 bits per heavy atom. The zero-order valence-electron chi connectivity index (χ0n) is 14.2. The van der Waals surface area contributed by atoms with E-state index in [9.17, 15) is 4.79 Å². The number of hydrogen-bond donors (Lipinski definition) is 0. The van der Waals surface area contributed by atoms with Gasteiger partial charge in [0.15, 0.2) is 0 Å². The van der Waals surface area contributed by atoms with Crippen molar-refractivity contribution in [2.75, 3.05) is 50.1 Å². The molecule has 0 atom stereocenters. The second kappa shape index (κ2) is 6.77. The maximum Gasteiger partial charge on any atom is 0.257 e. The summed E-state index contributed by atoms with van der Waals surface area (Å²) in [6.07, 6.45) is 5.08. The third-order valence-electron chi connectivity index (χ3n) is 4.00. The number of anilines is 2. The van der Waals surface area contributed by atoms with Crippen LogP contribution in [0.25, 0.3) is 0 Å². The van der Waals surface area contributed by atoms with E-state index in [4.69, 9.17) is 0 Å². The molecule has 3 rings (SSSR count). The summed E-state index contributed by atoms with van der Waals surface area (Å²) in [5.74, 6) is 1.29. The van der Waals surface area contributed by atoms with Gasteiger partial charge in [-0.1, -0.05) is 0 Å². The average molecular weight is 327 g/mol. The lowest BCUT2D eigenvalue weighted by Crippen LogP contribution is -2.49. The van der Waals surface area contributed by atoms with E-state index >= 15 is 0 Å². The van der Waals surface area contributed by atoms with Gasteiger partial charge in [0.25, 0.3) is 5.91 Å². The van der Waals surface area contributed by atoms with Crippen LogP contribution in [-0.2, 0) is 0 Å². The van der Waals surface area contributed by atoms with E-state index in [0.717, 1.165) is 0 Å². The first kappa shape index (κ1) is 16.1. The monoisotopic (exact) mass is 327 g/mol. The zero-order valence-corrected chi connectivity index (χ0v) is 14.2. The van der Waals surface area contributed by atoms with Crippen molar-refractivity contribution in [3.63, 3.8) is 0 Å². The van der Waals surface area contributed by atoms with Crippen LogP contribution in [0.4, 0.5) is 11.9 Å². The van der Waals surface area contributed by atoms with Crippen molar-refractivity contribution >= 4 is 17.8 Å². The summed E-state index contributed by atoms with van der Waals surface area (Å²) in [7, 11) is 3.75. The van der Waals surface area contributed by atoms with Crippen LogP contribution in [0.5, 0.6) is 0 Å². The zero-order chi connectivity index (χ0) is 17.1. The Morgan fingerprint density at radius 3 is 2.33 bits per heavy atom. The molecular weight excluding hydrogens is 306 g/mol. The van der Waals surface area contributed by atoms with Gasteiger partial charge in [0.1, 0.15) is 0 Å². The van der Waals surface area contributed by atoms with Crippen LogP contribution < -0.4 is 9.80 Å². The van der Waals surface area contributed by atoms with Crippen molar-refractivity contribution < 1.29 is 4.79 Å². The highest BCUT2D eigenvalue weighted by Crippen LogP contribution is 2.15. The van der Waals surface area contributed by atoms with Crippen molar-refractivity contribution in [3.8, 4) is 0 Å². The van der Waals surface area contributed by atoms with Crippen LogP contribution >= 0.6 is 0 Å². The van der Waals surface area contributed by atoms with Crippen molar-refractivity contribution in [3.05, 3.63) is 35.9 Å². The van der Waals surface area contributed by atoms with Crippen LogP contribution in [0.3, 0.4) is 0 Å². The molecule has 1 amide bonds. The maximum absolute atomic E-state index is 12.7. The molecule has 8 nitrogen and oxygen atoms in total. The van der Waals surface area contributed by atoms with Crippen LogP contribution in [0.1, 0.15) is 16.1 Å². The lowest BCUT2D eigenvalue weighted by Gasteiger charge is -2.34. The molecule has 1 saturated heterocycles. The number of piperazine rings is 1. The predicted molar refractivity (Wildman–Crippen MR) is 91.2 cm³/mol. The Hall–Kier alpha value is -2.77. The molecule has 1 aliphatic heterocycles. The largest absolute Gasteiger partial charge is 0.347 e. The Balaban J connectivity index is 1.67. The molecule has 0 bridgehead atoms. The summed E-state index contributed by atoms with van der Waals surface area (Å²) < 4.78 is 0. The van der Waals surface area contributed by atoms with E-state index in [1.165, 1.54) is 0 Å².